The third-order valence-electron chi connectivity index (χ3n) is 3.74. The second-order valence-electron chi connectivity index (χ2n) is 4.97. The van der Waals surface area contributed by atoms with Crippen molar-refractivity contribution in [3.63, 3.8) is 0 Å². The van der Waals surface area contributed by atoms with Crippen molar-refractivity contribution in [1.82, 2.24) is 5.32 Å². The lowest BCUT2D eigenvalue weighted by Gasteiger charge is -2.22. The molecule has 2 aliphatic heterocycles. The minimum absolute atomic E-state index is 0.344. The molecule has 0 radical (unpaired) electrons. The lowest BCUT2D eigenvalue weighted by molar-refractivity contribution is 0.174. The van der Waals surface area contributed by atoms with Gasteiger partial charge in [-0.05, 0) is 36.8 Å². The van der Waals surface area contributed by atoms with Crippen LogP contribution in [0.4, 0.5) is 0 Å². The monoisotopic (exact) mass is 265 g/mol. The normalized spacial score (nSPS) is 27.4. The van der Waals surface area contributed by atoms with Crippen LogP contribution in [0.15, 0.2) is 18.2 Å². The van der Waals surface area contributed by atoms with Crippen molar-refractivity contribution in [3.8, 4) is 11.5 Å². The molecule has 1 aromatic carbocycles. The van der Waals surface area contributed by atoms with Crippen molar-refractivity contribution in [3.05, 3.63) is 23.8 Å². The van der Waals surface area contributed by atoms with Gasteiger partial charge < -0.3 is 14.8 Å². The van der Waals surface area contributed by atoms with Crippen LogP contribution in [0.2, 0.25) is 0 Å². The molecule has 2 aliphatic rings. The molecule has 0 aliphatic carbocycles. The maximum atomic E-state index is 5.43. The first-order chi connectivity index (χ1) is 8.74. The molecule has 0 aromatic heterocycles. The van der Waals surface area contributed by atoms with E-state index in [-0.39, 0.29) is 0 Å². The molecule has 18 heavy (non-hydrogen) atoms. The zero-order valence-electron chi connectivity index (χ0n) is 10.8. The summed E-state index contributed by atoms with van der Waals surface area (Å²) in [6.45, 7) is 4.87. The van der Waals surface area contributed by atoms with Crippen molar-refractivity contribution in [2.24, 2.45) is 0 Å². The Morgan fingerprint density at radius 2 is 2.17 bits per heavy atom. The summed E-state index contributed by atoms with van der Waals surface area (Å²) in [6.07, 6.45) is 1.26. The molecule has 1 N–H and O–H groups in total. The molecule has 3 nitrogen and oxygen atoms in total. The molecule has 0 amide bonds. The third kappa shape index (κ3) is 2.31. The van der Waals surface area contributed by atoms with E-state index in [1.807, 2.05) is 6.07 Å². The topological polar surface area (TPSA) is 30.5 Å². The first-order valence-corrected chi connectivity index (χ1v) is 7.56. The zero-order chi connectivity index (χ0) is 12.5. The summed E-state index contributed by atoms with van der Waals surface area (Å²) < 4.78 is 10.8. The van der Waals surface area contributed by atoms with Gasteiger partial charge in [0.05, 0.1) is 0 Å². The summed E-state index contributed by atoms with van der Waals surface area (Å²) >= 11 is 2.06. The molecule has 98 valence electrons. The Morgan fingerprint density at radius 3 is 2.94 bits per heavy atom. The number of hydrogen-bond acceptors (Lipinski definition) is 4. The van der Waals surface area contributed by atoms with E-state index in [1.54, 1.807) is 0 Å². The van der Waals surface area contributed by atoms with E-state index in [9.17, 15) is 0 Å². The number of nitrogens with one attached hydrogen (secondary N) is 1. The summed E-state index contributed by atoms with van der Waals surface area (Å²) in [5.41, 5.74) is 1.27. The van der Waals surface area contributed by atoms with Crippen LogP contribution in [-0.4, -0.2) is 23.8 Å². The molecular formula is C14H19NO2S. The minimum Gasteiger partial charge on any atom is -0.454 e. The van der Waals surface area contributed by atoms with Gasteiger partial charge in [0.1, 0.15) is 0 Å². The largest absolute Gasteiger partial charge is 0.454 e. The van der Waals surface area contributed by atoms with Gasteiger partial charge >= 0.3 is 0 Å². The second kappa shape index (κ2) is 5.02. The van der Waals surface area contributed by atoms with Crippen LogP contribution in [0.1, 0.15) is 31.9 Å². The van der Waals surface area contributed by atoms with Gasteiger partial charge in [0.15, 0.2) is 11.5 Å². The van der Waals surface area contributed by atoms with Crippen LogP contribution in [-0.2, 0) is 0 Å². The molecule has 3 unspecified atom stereocenters. The van der Waals surface area contributed by atoms with Crippen molar-refractivity contribution >= 4 is 11.8 Å². The standard InChI is InChI=1S/C14H19NO2S/c1-9(15-12-5-6-18-10(12)2)11-3-4-13-14(7-11)17-8-16-13/h3-4,7,9-10,12,15H,5-6,8H2,1-2H3. The fourth-order valence-corrected chi connectivity index (χ4v) is 3.76. The summed E-state index contributed by atoms with van der Waals surface area (Å²) in [6, 6.07) is 7.19. The lowest BCUT2D eigenvalue weighted by Crippen LogP contribution is -2.35. The maximum absolute atomic E-state index is 5.43. The minimum atomic E-state index is 0.344. The average Bonchev–Trinajstić information content (AvgIpc) is 2.98. The van der Waals surface area contributed by atoms with Gasteiger partial charge in [-0.15, -0.1) is 0 Å². The van der Waals surface area contributed by atoms with Gasteiger partial charge in [0.2, 0.25) is 6.79 Å². The highest BCUT2D eigenvalue weighted by molar-refractivity contribution is 8.00. The molecule has 0 bridgehead atoms. The van der Waals surface area contributed by atoms with E-state index in [0.29, 0.717) is 24.1 Å². The van der Waals surface area contributed by atoms with Crippen LogP contribution in [0.5, 0.6) is 11.5 Å². The number of fused-ring (bicyclic) bond motifs is 1. The SMILES string of the molecule is CC(NC1CCSC1C)c1ccc2c(c1)OCO2. The fourth-order valence-electron chi connectivity index (χ4n) is 2.55. The summed E-state index contributed by atoms with van der Waals surface area (Å²) in [5, 5.41) is 4.43. The van der Waals surface area contributed by atoms with Crippen LogP contribution in [0, 0.1) is 0 Å². The number of rotatable bonds is 3. The van der Waals surface area contributed by atoms with Gasteiger partial charge in [-0.3, -0.25) is 0 Å². The Labute approximate surface area is 112 Å². The number of ether oxygens (including phenoxy) is 2. The third-order valence-corrected chi connectivity index (χ3v) is 5.06. The van der Waals surface area contributed by atoms with Crippen molar-refractivity contribution < 1.29 is 9.47 Å². The van der Waals surface area contributed by atoms with E-state index in [1.165, 1.54) is 17.7 Å². The van der Waals surface area contributed by atoms with Gasteiger partial charge in [-0.25, -0.2) is 0 Å². The van der Waals surface area contributed by atoms with Gasteiger partial charge in [-0.1, -0.05) is 13.0 Å². The Kier molecular flexibility index (Phi) is 3.39. The molecule has 1 fully saturated rings. The highest BCUT2D eigenvalue weighted by Crippen LogP contribution is 2.35. The number of thioether (sulfide) groups is 1. The smallest absolute Gasteiger partial charge is 0.231 e. The van der Waals surface area contributed by atoms with Crippen LogP contribution < -0.4 is 14.8 Å². The molecule has 1 aromatic rings. The maximum Gasteiger partial charge on any atom is 0.231 e. The highest BCUT2D eigenvalue weighted by Gasteiger charge is 2.25. The van der Waals surface area contributed by atoms with Gasteiger partial charge in [0.25, 0.3) is 0 Å². The van der Waals surface area contributed by atoms with E-state index < -0.39 is 0 Å². The summed E-state index contributed by atoms with van der Waals surface area (Å²) in [7, 11) is 0. The predicted molar refractivity (Wildman–Crippen MR) is 74.4 cm³/mol. The Bertz CT molecular complexity index is 438. The Morgan fingerprint density at radius 1 is 1.33 bits per heavy atom. The van der Waals surface area contributed by atoms with E-state index in [4.69, 9.17) is 9.47 Å². The molecule has 0 saturated carbocycles. The van der Waals surface area contributed by atoms with Crippen molar-refractivity contribution in [1.29, 1.82) is 0 Å². The quantitative estimate of drug-likeness (QED) is 0.910. The fraction of sp³-hybridized carbons (Fsp3) is 0.571. The summed E-state index contributed by atoms with van der Waals surface area (Å²) in [5.74, 6) is 3.00. The van der Waals surface area contributed by atoms with Crippen LogP contribution >= 0.6 is 11.8 Å². The molecule has 0 spiro atoms. The molecule has 3 atom stereocenters. The van der Waals surface area contributed by atoms with E-state index in [0.717, 1.165) is 11.5 Å². The molecule has 1 saturated heterocycles. The first kappa shape index (κ1) is 12.2. The second-order valence-corrected chi connectivity index (χ2v) is 6.46. The zero-order valence-corrected chi connectivity index (χ0v) is 11.6. The Balaban J connectivity index is 1.70. The molecule has 4 heteroatoms. The Hall–Kier alpha value is -0.870. The molecular weight excluding hydrogens is 246 g/mol. The molecule has 3 rings (SSSR count). The lowest BCUT2D eigenvalue weighted by atomic mass is 10.0. The van der Waals surface area contributed by atoms with Gasteiger partial charge in [-0.2, -0.15) is 11.8 Å². The molecule has 2 heterocycles. The first-order valence-electron chi connectivity index (χ1n) is 6.51. The van der Waals surface area contributed by atoms with Crippen molar-refractivity contribution in [2.75, 3.05) is 12.5 Å². The van der Waals surface area contributed by atoms with Crippen molar-refractivity contribution in [2.45, 2.75) is 37.6 Å². The van der Waals surface area contributed by atoms with Crippen LogP contribution in [0.25, 0.3) is 0 Å². The van der Waals surface area contributed by atoms with Gasteiger partial charge in [0, 0.05) is 17.3 Å². The predicted octanol–water partition coefficient (Wildman–Crippen LogP) is 2.96. The average molecular weight is 265 g/mol. The van der Waals surface area contributed by atoms with Crippen LogP contribution in [0.3, 0.4) is 0 Å². The highest BCUT2D eigenvalue weighted by atomic mass is 32.2. The number of benzene rings is 1. The van der Waals surface area contributed by atoms with E-state index in [2.05, 4.69) is 43.1 Å². The summed E-state index contributed by atoms with van der Waals surface area (Å²) in [4.78, 5) is 0. The number of hydrogen-bond donors (Lipinski definition) is 1. The van der Waals surface area contributed by atoms with E-state index >= 15 is 0 Å².